The minimum Gasteiger partial charge on any atom is -0.458 e. The van der Waals surface area contributed by atoms with Crippen molar-refractivity contribution in [3.05, 3.63) is 11.6 Å². The van der Waals surface area contributed by atoms with Crippen LogP contribution >= 0.6 is 0 Å². The molecule has 2 saturated heterocycles. The molecule has 5 N–H and O–H groups in total. The normalized spacial score (nSPS) is 55.6. The molecule has 0 spiro atoms. The van der Waals surface area contributed by atoms with E-state index in [1.165, 1.54) is 0 Å². The van der Waals surface area contributed by atoms with Crippen molar-refractivity contribution in [1.29, 1.82) is 0 Å². The monoisotopic (exact) mass is 650 g/mol. The molecular formula is C35H54O11. The molecule has 0 bridgehead atoms. The van der Waals surface area contributed by atoms with Gasteiger partial charge in [-0.2, -0.15) is 0 Å². The van der Waals surface area contributed by atoms with Crippen LogP contribution in [0.15, 0.2) is 11.6 Å². The highest BCUT2D eigenvalue weighted by atomic mass is 16.7. The SMILES string of the molecule is C[C@@H]1O[C@H](O[C@H]2CC[C@@]3(C)[C@H](CC[C@@H]4[C@@H]3C[C@@H](O)[C@]3(C)[C@@H](C5=CC(=O)OC5)CC[C@]43O)C2)C[C@@H](O)[C@H]1O[C@H]1C[C@@H](O)[C@H](O)[C@@H](C)O1. The molecule has 7 rings (SSSR count). The predicted octanol–water partition coefficient (Wildman–Crippen LogP) is 2.34. The quantitative estimate of drug-likeness (QED) is 0.219. The Morgan fingerprint density at radius 3 is 2.24 bits per heavy atom. The van der Waals surface area contributed by atoms with Gasteiger partial charge in [0.15, 0.2) is 12.6 Å². The molecular weight excluding hydrogens is 596 g/mol. The zero-order valence-corrected chi connectivity index (χ0v) is 27.6. The Bertz CT molecular complexity index is 1170. The van der Waals surface area contributed by atoms with E-state index in [0.717, 1.165) is 44.1 Å². The molecule has 0 unspecified atom stereocenters. The maximum absolute atomic E-state index is 12.5. The number of aliphatic hydroxyl groups excluding tert-OH is 4. The summed E-state index contributed by atoms with van der Waals surface area (Å²) in [4.78, 5) is 11.9. The largest absolute Gasteiger partial charge is 0.458 e. The summed E-state index contributed by atoms with van der Waals surface area (Å²) >= 11 is 0. The second-order valence-electron chi connectivity index (χ2n) is 16.1. The molecule has 4 aliphatic carbocycles. The van der Waals surface area contributed by atoms with Crippen LogP contribution in [0.3, 0.4) is 0 Å². The highest BCUT2D eigenvalue weighted by Crippen LogP contribution is 2.70. The van der Waals surface area contributed by atoms with Crippen molar-refractivity contribution in [1.82, 2.24) is 0 Å². The van der Waals surface area contributed by atoms with Gasteiger partial charge in [0, 0.05) is 24.3 Å². The molecule has 0 radical (unpaired) electrons. The van der Waals surface area contributed by atoms with Crippen molar-refractivity contribution < 1.29 is 54.0 Å². The Hall–Kier alpha value is -1.15. The number of hydrogen-bond donors (Lipinski definition) is 5. The zero-order valence-electron chi connectivity index (χ0n) is 27.6. The number of carbonyl (C=O) groups is 1. The minimum absolute atomic E-state index is 0.0137. The van der Waals surface area contributed by atoms with Crippen LogP contribution < -0.4 is 0 Å². The molecule has 6 fully saturated rings. The predicted molar refractivity (Wildman–Crippen MR) is 163 cm³/mol. The lowest BCUT2D eigenvalue weighted by molar-refractivity contribution is -0.318. The molecule has 0 aromatic rings. The van der Waals surface area contributed by atoms with E-state index in [2.05, 4.69) is 6.92 Å². The lowest BCUT2D eigenvalue weighted by atomic mass is 9.42. The van der Waals surface area contributed by atoms with Crippen LogP contribution in [0.2, 0.25) is 0 Å². The summed E-state index contributed by atoms with van der Waals surface area (Å²) in [6.07, 6.45) is 2.09. The fourth-order valence-electron chi connectivity index (χ4n) is 11.3. The van der Waals surface area contributed by atoms with Crippen molar-refractivity contribution in [3.63, 3.8) is 0 Å². The van der Waals surface area contributed by atoms with Gasteiger partial charge >= 0.3 is 5.97 Å². The number of hydrogen-bond acceptors (Lipinski definition) is 11. The second kappa shape index (κ2) is 12.0. The first-order chi connectivity index (χ1) is 21.7. The Morgan fingerprint density at radius 2 is 1.54 bits per heavy atom. The van der Waals surface area contributed by atoms with Gasteiger partial charge in [0.25, 0.3) is 0 Å². The Labute approximate surface area is 271 Å². The highest BCUT2D eigenvalue weighted by molar-refractivity contribution is 5.85. The van der Waals surface area contributed by atoms with Crippen molar-refractivity contribution in [2.24, 2.45) is 34.5 Å². The van der Waals surface area contributed by atoms with Gasteiger partial charge in [-0.25, -0.2) is 4.79 Å². The third-order valence-corrected chi connectivity index (χ3v) is 14.0. The average Bonchev–Trinajstić information content (AvgIpc) is 3.55. The van der Waals surface area contributed by atoms with Gasteiger partial charge < -0.3 is 49.2 Å². The number of esters is 1. The van der Waals surface area contributed by atoms with E-state index >= 15 is 0 Å². The molecule has 0 amide bonds. The lowest BCUT2D eigenvalue weighted by Crippen LogP contribution is -2.67. The summed E-state index contributed by atoms with van der Waals surface area (Å²) in [5.41, 5.74) is -0.819. The maximum Gasteiger partial charge on any atom is 0.331 e. The first-order valence-electron chi connectivity index (χ1n) is 17.7. The van der Waals surface area contributed by atoms with Gasteiger partial charge in [-0.1, -0.05) is 13.8 Å². The fourth-order valence-corrected chi connectivity index (χ4v) is 11.3. The highest BCUT2D eigenvalue weighted by Gasteiger charge is 2.70. The first-order valence-corrected chi connectivity index (χ1v) is 17.7. The van der Waals surface area contributed by atoms with Crippen LogP contribution in [-0.2, 0) is 28.5 Å². The third-order valence-electron chi connectivity index (χ3n) is 14.0. The Morgan fingerprint density at radius 1 is 0.826 bits per heavy atom. The average molecular weight is 651 g/mol. The van der Waals surface area contributed by atoms with Crippen LogP contribution in [0.4, 0.5) is 0 Å². The summed E-state index contributed by atoms with van der Waals surface area (Å²) in [5.74, 6) is 0.294. The molecule has 46 heavy (non-hydrogen) atoms. The van der Waals surface area contributed by atoms with Crippen molar-refractivity contribution in [2.45, 2.75) is 159 Å². The molecule has 3 aliphatic heterocycles. The Balaban J connectivity index is 0.976. The maximum atomic E-state index is 12.5. The van der Waals surface area contributed by atoms with E-state index < -0.39 is 66.3 Å². The Kier molecular flexibility index (Phi) is 8.71. The number of rotatable bonds is 5. The summed E-state index contributed by atoms with van der Waals surface area (Å²) < 4.78 is 29.7. The van der Waals surface area contributed by atoms with E-state index in [4.69, 9.17) is 23.7 Å². The summed E-state index contributed by atoms with van der Waals surface area (Å²) in [6, 6.07) is 0. The van der Waals surface area contributed by atoms with Crippen molar-refractivity contribution in [3.8, 4) is 0 Å². The van der Waals surface area contributed by atoms with Crippen LogP contribution in [-0.4, -0.2) is 105 Å². The van der Waals surface area contributed by atoms with Gasteiger partial charge in [0.05, 0.1) is 42.2 Å². The van der Waals surface area contributed by atoms with Crippen molar-refractivity contribution in [2.75, 3.05) is 6.61 Å². The summed E-state index contributed by atoms with van der Waals surface area (Å²) in [6.45, 7) is 8.18. The van der Waals surface area contributed by atoms with E-state index in [9.17, 15) is 30.3 Å². The summed E-state index contributed by atoms with van der Waals surface area (Å²) in [5, 5.41) is 55.4. The van der Waals surface area contributed by atoms with Crippen molar-refractivity contribution >= 4 is 5.97 Å². The molecule has 17 atom stereocenters. The van der Waals surface area contributed by atoms with Crippen LogP contribution in [0.5, 0.6) is 0 Å². The lowest BCUT2D eigenvalue weighted by Gasteiger charge is -2.65. The number of carbonyl (C=O) groups excluding carboxylic acids is 1. The minimum atomic E-state index is -0.993. The van der Waals surface area contributed by atoms with Crippen LogP contribution in [0.1, 0.15) is 91.9 Å². The molecule has 0 aromatic carbocycles. The second-order valence-corrected chi connectivity index (χ2v) is 16.1. The van der Waals surface area contributed by atoms with Gasteiger partial charge in [-0.05, 0) is 99.9 Å². The molecule has 11 nitrogen and oxygen atoms in total. The fraction of sp³-hybridized carbons (Fsp3) is 0.914. The molecule has 11 heteroatoms. The van der Waals surface area contributed by atoms with Gasteiger partial charge in [-0.15, -0.1) is 0 Å². The molecule has 4 saturated carbocycles. The number of aliphatic hydroxyl groups is 5. The van der Waals surface area contributed by atoms with E-state index in [-0.39, 0.29) is 54.7 Å². The van der Waals surface area contributed by atoms with E-state index in [0.29, 0.717) is 18.8 Å². The zero-order chi connectivity index (χ0) is 32.8. The number of ether oxygens (including phenoxy) is 5. The molecule has 3 heterocycles. The van der Waals surface area contributed by atoms with Crippen LogP contribution in [0.25, 0.3) is 0 Å². The van der Waals surface area contributed by atoms with E-state index in [1.54, 1.807) is 13.0 Å². The van der Waals surface area contributed by atoms with Gasteiger partial charge in [-0.3, -0.25) is 0 Å². The smallest absolute Gasteiger partial charge is 0.331 e. The summed E-state index contributed by atoms with van der Waals surface area (Å²) in [7, 11) is 0. The first kappa shape index (κ1) is 33.4. The number of fused-ring (bicyclic) bond motifs is 5. The van der Waals surface area contributed by atoms with E-state index in [1.807, 2.05) is 13.8 Å². The number of cyclic esters (lactones) is 1. The molecule has 260 valence electrons. The van der Waals surface area contributed by atoms with Crippen LogP contribution in [0, 0.1) is 34.5 Å². The van der Waals surface area contributed by atoms with Gasteiger partial charge in [0.2, 0.25) is 0 Å². The topological polar surface area (TPSA) is 164 Å². The molecule has 7 aliphatic rings. The standard InChI is InChI=1S/C35H54O11/c1-17-31(40)25(36)14-30(43-17)46-32-18(2)44-29(15-26(32)37)45-21-7-9-33(3)20(12-21)5-6-23-24(33)13-27(38)34(4)22(8-10-35(23,34)41)19-11-28(39)42-16-19/h11,17-18,20-27,29-32,36-38,40-41H,5-10,12-16H2,1-4H3/t17-,18+,20-,21+,22-,23-,24+,25-,26-,27-,29-,30+,31-,32+,33+,34+,35+/m1/s1. The molecule has 0 aromatic heterocycles. The third kappa shape index (κ3) is 5.22. The van der Waals surface area contributed by atoms with Gasteiger partial charge in [0.1, 0.15) is 18.8 Å².